The molecule has 1 atom stereocenters. The monoisotopic (exact) mass is 376 g/mol. The fraction of sp³-hybridized carbons (Fsp3) is 0.650. The number of esters is 1. The maximum Gasteiger partial charge on any atom is 0.341 e. The number of carbonyl (C=O) groups excluding carboxylic acids is 2. The van der Waals surface area contributed by atoms with Gasteiger partial charge in [0.2, 0.25) is 5.91 Å². The Bertz CT molecular complexity index is 630. The first-order chi connectivity index (χ1) is 13.0. The number of hydrogen-bond donors (Lipinski definition) is 3. The zero-order chi connectivity index (χ0) is 19.6. The van der Waals surface area contributed by atoms with Gasteiger partial charge in [0.15, 0.2) is 0 Å². The summed E-state index contributed by atoms with van der Waals surface area (Å²) in [6, 6.07) is 2.66. The fourth-order valence-corrected chi connectivity index (χ4v) is 3.52. The van der Waals surface area contributed by atoms with Crippen molar-refractivity contribution >= 4 is 23.4 Å². The zero-order valence-electron chi connectivity index (χ0n) is 16.6. The van der Waals surface area contributed by atoms with E-state index in [1.54, 1.807) is 6.07 Å². The van der Waals surface area contributed by atoms with E-state index in [0.29, 0.717) is 35.7 Å². The molecule has 1 aliphatic carbocycles. The van der Waals surface area contributed by atoms with Crippen LogP contribution in [0.4, 0.5) is 11.5 Å². The summed E-state index contributed by atoms with van der Waals surface area (Å²) in [4.78, 5) is 27.6. The molecule has 0 saturated heterocycles. The lowest BCUT2D eigenvalue weighted by molar-refractivity contribution is -0.114. The van der Waals surface area contributed by atoms with Crippen molar-refractivity contribution in [2.24, 2.45) is 0 Å². The summed E-state index contributed by atoms with van der Waals surface area (Å²) in [5.74, 6) is -0.221. The minimum absolute atomic E-state index is 0.215. The standard InChI is InChI=1S/C20H32N4O3/c1-4-15(24-16-8-6-5-7-9-16)10-11-21-19-18(20(26)27-3)12-17(13-22-19)23-14(2)25/h12-13,15-16,24H,4-11H2,1-3H3,(H,21,22)(H,23,25). The van der Waals surface area contributed by atoms with Crippen LogP contribution in [0.2, 0.25) is 0 Å². The van der Waals surface area contributed by atoms with Crippen molar-refractivity contribution < 1.29 is 14.3 Å². The number of anilines is 2. The highest BCUT2D eigenvalue weighted by molar-refractivity contribution is 5.97. The van der Waals surface area contributed by atoms with Gasteiger partial charge in [-0.2, -0.15) is 0 Å². The summed E-state index contributed by atoms with van der Waals surface area (Å²) < 4.78 is 4.84. The molecule has 1 aromatic heterocycles. The third kappa shape index (κ3) is 6.82. The molecule has 1 heterocycles. The molecular formula is C20H32N4O3. The van der Waals surface area contributed by atoms with Crippen LogP contribution in [0.3, 0.4) is 0 Å². The molecule has 3 N–H and O–H groups in total. The van der Waals surface area contributed by atoms with Crippen LogP contribution in [0.5, 0.6) is 0 Å². The summed E-state index contributed by atoms with van der Waals surface area (Å²) in [6.07, 6.45) is 10.1. The van der Waals surface area contributed by atoms with Gasteiger partial charge in [0.05, 0.1) is 19.0 Å². The number of carbonyl (C=O) groups is 2. The van der Waals surface area contributed by atoms with Crippen molar-refractivity contribution in [2.45, 2.75) is 70.9 Å². The molecular weight excluding hydrogens is 344 g/mol. The summed E-state index contributed by atoms with van der Waals surface area (Å²) in [6.45, 7) is 4.31. The topological polar surface area (TPSA) is 92.4 Å². The molecule has 150 valence electrons. The number of nitrogens with zero attached hydrogens (tertiary/aromatic N) is 1. The molecule has 27 heavy (non-hydrogen) atoms. The first-order valence-electron chi connectivity index (χ1n) is 9.89. The molecule has 1 aromatic rings. The number of aromatic nitrogens is 1. The first-order valence-corrected chi connectivity index (χ1v) is 9.89. The lowest BCUT2D eigenvalue weighted by Crippen LogP contribution is -2.40. The van der Waals surface area contributed by atoms with Gasteiger partial charge in [-0.3, -0.25) is 4.79 Å². The Morgan fingerprint density at radius 2 is 2.04 bits per heavy atom. The number of amides is 1. The second kappa shape index (κ2) is 10.9. The molecule has 1 saturated carbocycles. The van der Waals surface area contributed by atoms with E-state index in [2.05, 4.69) is 27.9 Å². The molecule has 1 aliphatic rings. The number of pyridine rings is 1. The van der Waals surface area contributed by atoms with Crippen LogP contribution < -0.4 is 16.0 Å². The summed E-state index contributed by atoms with van der Waals surface area (Å²) >= 11 is 0. The van der Waals surface area contributed by atoms with Gasteiger partial charge < -0.3 is 20.7 Å². The van der Waals surface area contributed by atoms with E-state index >= 15 is 0 Å². The van der Waals surface area contributed by atoms with Crippen molar-refractivity contribution in [1.82, 2.24) is 10.3 Å². The second-order valence-corrected chi connectivity index (χ2v) is 7.12. The van der Waals surface area contributed by atoms with Crippen LogP contribution in [-0.2, 0) is 9.53 Å². The van der Waals surface area contributed by atoms with E-state index < -0.39 is 5.97 Å². The summed E-state index contributed by atoms with van der Waals surface area (Å²) in [5.41, 5.74) is 0.788. The predicted octanol–water partition coefficient (Wildman–Crippen LogP) is 3.33. The quantitative estimate of drug-likeness (QED) is 0.573. The van der Waals surface area contributed by atoms with Crippen LogP contribution >= 0.6 is 0 Å². The van der Waals surface area contributed by atoms with Gasteiger partial charge in [-0.1, -0.05) is 26.2 Å². The third-order valence-electron chi connectivity index (χ3n) is 4.97. The number of nitrogens with one attached hydrogen (secondary N) is 3. The average Bonchev–Trinajstić information content (AvgIpc) is 2.67. The molecule has 0 bridgehead atoms. The third-order valence-corrected chi connectivity index (χ3v) is 4.97. The van der Waals surface area contributed by atoms with Gasteiger partial charge in [-0.05, 0) is 31.7 Å². The highest BCUT2D eigenvalue weighted by Gasteiger charge is 2.18. The highest BCUT2D eigenvalue weighted by atomic mass is 16.5. The highest BCUT2D eigenvalue weighted by Crippen LogP contribution is 2.20. The molecule has 1 fully saturated rings. The first kappa shape index (κ1) is 21.2. The minimum Gasteiger partial charge on any atom is -0.465 e. The maximum atomic E-state index is 12.1. The van der Waals surface area contributed by atoms with Crippen LogP contribution in [0.15, 0.2) is 12.3 Å². The Morgan fingerprint density at radius 1 is 1.30 bits per heavy atom. The molecule has 7 nitrogen and oxygen atoms in total. The zero-order valence-corrected chi connectivity index (χ0v) is 16.6. The van der Waals surface area contributed by atoms with Crippen molar-refractivity contribution in [1.29, 1.82) is 0 Å². The van der Waals surface area contributed by atoms with E-state index in [1.165, 1.54) is 52.3 Å². The Labute approximate surface area is 161 Å². The molecule has 0 aromatic carbocycles. The predicted molar refractivity (Wildman–Crippen MR) is 107 cm³/mol. The minimum atomic E-state index is -0.482. The molecule has 2 rings (SSSR count). The fourth-order valence-electron chi connectivity index (χ4n) is 3.52. The number of ether oxygens (including phenoxy) is 1. The molecule has 0 spiro atoms. The molecule has 0 radical (unpaired) electrons. The van der Waals surface area contributed by atoms with Crippen LogP contribution in [0.25, 0.3) is 0 Å². The van der Waals surface area contributed by atoms with Gasteiger partial charge in [0.1, 0.15) is 11.4 Å². The van der Waals surface area contributed by atoms with Gasteiger partial charge in [0.25, 0.3) is 0 Å². The number of hydrogen-bond acceptors (Lipinski definition) is 6. The van der Waals surface area contributed by atoms with E-state index in [-0.39, 0.29) is 5.91 Å². The van der Waals surface area contributed by atoms with Gasteiger partial charge >= 0.3 is 5.97 Å². The van der Waals surface area contributed by atoms with Gasteiger partial charge in [-0.15, -0.1) is 0 Å². The average molecular weight is 377 g/mol. The van der Waals surface area contributed by atoms with Crippen molar-refractivity contribution in [3.8, 4) is 0 Å². The SMILES string of the molecule is CCC(CCNc1ncc(NC(C)=O)cc1C(=O)OC)NC1CCCCC1. The Morgan fingerprint density at radius 3 is 2.67 bits per heavy atom. The van der Waals surface area contributed by atoms with E-state index in [1.807, 2.05) is 0 Å². The Hall–Kier alpha value is -2.15. The Balaban J connectivity index is 1.94. The van der Waals surface area contributed by atoms with E-state index in [0.717, 1.165) is 12.8 Å². The lowest BCUT2D eigenvalue weighted by Gasteiger charge is -2.28. The van der Waals surface area contributed by atoms with E-state index in [9.17, 15) is 9.59 Å². The van der Waals surface area contributed by atoms with Crippen molar-refractivity contribution in [3.63, 3.8) is 0 Å². The maximum absolute atomic E-state index is 12.1. The van der Waals surface area contributed by atoms with Crippen LogP contribution in [0, 0.1) is 0 Å². The van der Waals surface area contributed by atoms with Crippen LogP contribution in [-0.4, -0.2) is 42.6 Å². The molecule has 7 heteroatoms. The van der Waals surface area contributed by atoms with E-state index in [4.69, 9.17) is 4.74 Å². The number of rotatable bonds is 9. The summed E-state index contributed by atoms with van der Waals surface area (Å²) in [7, 11) is 1.33. The normalized spacial score (nSPS) is 15.8. The smallest absolute Gasteiger partial charge is 0.341 e. The summed E-state index contributed by atoms with van der Waals surface area (Å²) in [5, 5.41) is 9.65. The lowest BCUT2D eigenvalue weighted by atomic mass is 9.94. The van der Waals surface area contributed by atoms with Crippen LogP contribution in [0.1, 0.15) is 69.2 Å². The largest absolute Gasteiger partial charge is 0.465 e. The Kier molecular flexibility index (Phi) is 8.51. The van der Waals surface area contributed by atoms with Crippen molar-refractivity contribution in [3.05, 3.63) is 17.8 Å². The second-order valence-electron chi connectivity index (χ2n) is 7.12. The van der Waals surface area contributed by atoms with Gasteiger partial charge in [0, 0.05) is 25.6 Å². The van der Waals surface area contributed by atoms with Gasteiger partial charge in [-0.25, -0.2) is 9.78 Å². The molecule has 1 amide bonds. The molecule has 1 unspecified atom stereocenters. The van der Waals surface area contributed by atoms with Crippen molar-refractivity contribution in [2.75, 3.05) is 24.3 Å². The molecule has 0 aliphatic heterocycles. The number of methoxy groups -OCH3 is 1.